The maximum absolute atomic E-state index is 12.3. The number of carbonyl (C=O) groups excluding carboxylic acids is 1. The second kappa shape index (κ2) is 7.03. The summed E-state index contributed by atoms with van der Waals surface area (Å²) >= 11 is 12.0. The molecule has 0 aliphatic carbocycles. The first-order valence-electron chi connectivity index (χ1n) is 6.96. The van der Waals surface area contributed by atoms with Crippen molar-refractivity contribution in [3.05, 3.63) is 57.6 Å². The third kappa shape index (κ3) is 4.15. The minimum atomic E-state index is -0.406. The van der Waals surface area contributed by atoms with Gasteiger partial charge in [0, 0.05) is 10.7 Å². The van der Waals surface area contributed by atoms with Crippen LogP contribution in [0.25, 0.3) is 0 Å². The fourth-order valence-corrected chi connectivity index (χ4v) is 2.45. The second-order valence-electron chi connectivity index (χ2n) is 5.30. The Balaban J connectivity index is 2.07. The van der Waals surface area contributed by atoms with Gasteiger partial charge in [0.2, 0.25) is 5.91 Å². The van der Waals surface area contributed by atoms with Crippen molar-refractivity contribution in [1.82, 2.24) is 0 Å². The topological polar surface area (TPSA) is 41.1 Å². The summed E-state index contributed by atoms with van der Waals surface area (Å²) < 4.78 is 0. The lowest BCUT2D eigenvalue weighted by Gasteiger charge is -2.17. The van der Waals surface area contributed by atoms with E-state index >= 15 is 0 Å². The van der Waals surface area contributed by atoms with Crippen molar-refractivity contribution in [2.75, 3.05) is 10.6 Å². The van der Waals surface area contributed by atoms with Gasteiger partial charge in [-0.3, -0.25) is 4.79 Å². The van der Waals surface area contributed by atoms with E-state index in [0.29, 0.717) is 15.7 Å². The molecule has 0 heterocycles. The van der Waals surface area contributed by atoms with Crippen LogP contribution in [0.1, 0.15) is 18.1 Å². The summed E-state index contributed by atoms with van der Waals surface area (Å²) in [4.78, 5) is 12.3. The first-order chi connectivity index (χ1) is 10.4. The summed E-state index contributed by atoms with van der Waals surface area (Å²) in [5, 5.41) is 6.97. The largest absolute Gasteiger partial charge is 0.374 e. The number of aryl methyl sites for hydroxylation is 2. The van der Waals surface area contributed by atoms with Gasteiger partial charge in [0.15, 0.2) is 0 Å². The Labute approximate surface area is 140 Å². The molecule has 0 aromatic heterocycles. The van der Waals surface area contributed by atoms with Crippen LogP contribution in [0.5, 0.6) is 0 Å². The number of rotatable bonds is 4. The molecule has 3 nitrogen and oxygen atoms in total. The van der Waals surface area contributed by atoms with E-state index in [0.717, 1.165) is 11.3 Å². The zero-order chi connectivity index (χ0) is 16.3. The highest BCUT2D eigenvalue weighted by Crippen LogP contribution is 2.25. The SMILES string of the molecule is Cc1ccc(N[C@H](C)C(=O)Nc2cc(Cl)ccc2Cl)c(C)c1. The van der Waals surface area contributed by atoms with E-state index in [4.69, 9.17) is 23.2 Å². The molecular formula is C17H18Cl2N2O. The van der Waals surface area contributed by atoms with Crippen LogP contribution in [-0.2, 0) is 4.79 Å². The highest BCUT2D eigenvalue weighted by Gasteiger charge is 2.15. The number of hydrogen-bond acceptors (Lipinski definition) is 2. The first kappa shape index (κ1) is 16.7. The van der Waals surface area contributed by atoms with Crippen LogP contribution in [0.15, 0.2) is 36.4 Å². The molecule has 2 rings (SSSR count). The quantitative estimate of drug-likeness (QED) is 0.820. The molecule has 1 atom stereocenters. The second-order valence-corrected chi connectivity index (χ2v) is 6.14. The molecule has 0 radical (unpaired) electrons. The van der Waals surface area contributed by atoms with Gasteiger partial charge in [-0.2, -0.15) is 0 Å². The maximum Gasteiger partial charge on any atom is 0.246 e. The monoisotopic (exact) mass is 336 g/mol. The van der Waals surface area contributed by atoms with Gasteiger partial charge in [-0.05, 0) is 50.6 Å². The predicted octanol–water partition coefficient (Wildman–Crippen LogP) is 5.05. The molecule has 1 amide bonds. The maximum atomic E-state index is 12.3. The Morgan fingerprint density at radius 1 is 1.05 bits per heavy atom. The minimum absolute atomic E-state index is 0.177. The molecule has 2 N–H and O–H groups in total. The average Bonchev–Trinajstić information content (AvgIpc) is 2.45. The summed E-state index contributed by atoms with van der Waals surface area (Å²) in [7, 11) is 0. The van der Waals surface area contributed by atoms with Crippen molar-refractivity contribution in [3.8, 4) is 0 Å². The number of carbonyl (C=O) groups is 1. The molecule has 0 bridgehead atoms. The van der Waals surface area contributed by atoms with E-state index < -0.39 is 6.04 Å². The smallest absolute Gasteiger partial charge is 0.246 e. The van der Waals surface area contributed by atoms with Crippen molar-refractivity contribution in [2.45, 2.75) is 26.8 Å². The standard InChI is InChI=1S/C17H18Cl2N2O/c1-10-4-7-15(11(2)8-10)20-12(3)17(22)21-16-9-13(18)5-6-14(16)19/h4-9,12,20H,1-3H3,(H,21,22)/t12-/m1/s1. The molecule has 2 aromatic carbocycles. The van der Waals surface area contributed by atoms with E-state index in [1.807, 2.05) is 26.0 Å². The van der Waals surface area contributed by atoms with Gasteiger partial charge in [-0.25, -0.2) is 0 Å². The van der Waals surface area contributed by atoms with Gasteiger partial charge in [0.1, 0.15) is 6.04 Å². The highest BCUT2D eigenvalue weighted by atomic mass is 35.5. The number of hydrogen-bond donors (Lipinski definition) is 2. The Morgan fingerprint density at radius 2 is 1.77 bits per heavy atom. The van der Waals surface area contributed by atoms with Gasteiger partial charge in [0.25, 0.3) is 0 Å². The molecule has 2 aromatic rings. The van der Waals surface area contributed by atoms with Gasteiger partial charge in [0.05, 0.1) is 10.7 Å². The van der Waals surface area contributed by atoms with E-state index in [1.165, 1.54) is 5.56 Å². The van der Waals surface area contributed by atoms with Crippen molar-refractivity contribution in [3.63, 3.8) is 0 Å². The zero-order valence-electron chi connectivity index (χ0n) is 12.7. The molecule has 0 aliphatic heterocycles. The molecule has 5 heteroatoms. The number of amides is 1. The van der Waals surface area contributed by atoms with Crippen molar-refractivity contribution < 1.29 is 4.79 Å². The Kier molecular flexibility index (Phi) is 5.33. The van der Waals surface area contributed by atoms with E-state index in [9.17, 15) is 4.79 Å². The summed E-state index contributed by atoms with van der Waals surface area (Å²) in [6, 6.07) is 10.6. The molecule has 116 valence electrons. The van der Waals surface area contributed by atoms with Crippen molar-refractivity contribution >= 4 is 40.5 Å². The van der Waals surface area contributed by atoms with Gasteiger partial charge in [-0.15, -0.1) is 0 Å². The Hall–Kier alpha value is -1.71. The lowest BCUT2D eigenvalue weighted by Crippen LogP contribution is -2.32. The molecule has 0 spiro atoms. The summed E-state index contributed by atoms with van der Waals surface area (Å²) in [6.07, 6.45) is 0. The van der Waals surface area contributed by atoms with E-state index in [1.54, 1.807) is 25.1 Å². The molecule has 0 fully saturated rings. The summed E-state index contributed by atoms with van der Waals surface area (Å²) in [5.74, 6) is -0.177. The molecule has 0 unspecified atom stereocenters. The Morgan fingerprint density at radius 3 is 2.45 bits per heavy atom. The van der Waals surface area contributed by atoms with Crippen LogP contribution in [0.4, 0.5) is 11.4 Å². The molecule has 0 aliphatic rings. The van der Waals surface area contributed by atoms with Gasteiger partial charge < -0.3 is 10.6 Å². The normalized spacial score (nSPS) is 11.9. The summed E-state index contributed by atoms with van der Waals surface area (Å²) in [5.41, 5.74) is 3.73. The van der Waals surface area contributed by atoms with Crippen LogP contribution < -0.4 is 10.6 Å². The lowest BCUT2D eigenvalue weighted by molar-refractivity contribution is -0.116. The molecule has 22 heavy (non-hydrogen) atoms. The third-order valence-electron chi connectivity index (χ3n) is 3.33. The molecular weight excluding hydrogens is 319 g/mol. The molecule has 0 saturated carbocycles. The minimum Gasteiger partial charge on any atom is -0.374 e. The zero-order valence-corrected chi connectivity index (χ0v) is 14.2. The third-order valence-corrected chi connectivity index (χ3v) is 3.90. The molecule has 0 saturated heterocycles. The Bertz CT molecular complexity index is 701. The average molecular weight is 337 g/mol. The predicted molar refractivity (Wildman–Crippen MR) is 94.1 cm³/mol. The fourth-order valence-electron chi connectivity index (χ4n) is 2.11. The van der Waals surface area contributed by atoms with Crippen LogP contribution in [0, 0.1) is 13.8 Å². The number of nitrogens with one attached hydrogen (secondary N) is 2. The van der Waals surface area contributed by atoms with Crippen LogP contribution in [0.3, 0.4) is 0 Å². The van der Waals surface area contributed by atoms with Crippen LogP contribution in [-0.4, -0.2) is 11.9 Å². The van der Waals surface area contributed by atoms with E-state index in [2.05, 4.69) is 16.7 Å². The number of benzene rings is 2. The van der Waals surface area contributed by atoms with Crippen molar-refractivity contribution in [2.24, 2.45) is 0 Å². The van der Waals surface area contributed by atoms with Gasteiger partial charge >= 0.3 is 0 Å². The van der Waals surface area contributed by atoms with Crippen LogP contribution >= 0.6 is 23.2 Å². The highest BCUT2D eigenvalue weighted by molar-refractivity contribution is 6.35. The van der Waals surface area contributed by atoms with Crippen molar-refractivity contribution in [1.29, 1.82) is 0 Å². The fraction of sp³-hybridized carbons (Fsp3) is 0.235. The van der Waals surface area contributed by atoms with Crippen LogP contribution in [0.2, 0.25) is 10.0 Å². The first-order valence-corrected chi connectivity index (χ1v) is 7.72. The lowest BCUT2D eigenvalue weighted by atomic mass is 10.1. The summed E-state index contributed by atoms with van der Waals surface area (Å²) in [6.45, 7) is 5.84. The van der Waals surface area contributed by atoms with Gasteiger partial charge in [-0.1, -0.05) is 40.9 Å². The number of halogens is 2. The number of anilines is 2. The van der Waals surface area contributed by atoms with E-state index in [-0.39, 0.29) is 5.91 Å².